The molecule has 1 aromatic heterocycles. The minimum Gasteiger partial charge on any atom is -0.497 e. The summed E-state index contributed by atoms with van der Waals surface area (Å²) in [4.78, 5) is 31.6. The number of carbonyl (C=O) groups excluding carboxylic acids is 2. The number of nitrogens with zero attached hydrogens (tertiary/aromatic N) is 2. The van der Waals surface area contributed by atoms with Gasteiger partial charge in [-0.25, -0.2) is 0 Å². The van der Waals surface area contributed by atoms with Crippen molar-refractivity contribution in [3.05, 3.63) is 85.5 Å². The zero-order valence-corrected chi connectivity index (χ0v) is 21.4. The van der Waals surface area contributed by atoms with Gasteiger partial charge < -0.3 is 14.5 Å². The van der Waals surface area contributed by atoms with Gasteiger partial charge in [-0.15, -0.1) is 11.3 Å². The maximum absolute atomic E-state index is 13.7. The molecule has 0 bridgehead atoms. The van der Waals surface area contributed by atoms with Crippen molar-refractivity contribution in [3.8, 4) is 5.75 Å². The van der Waals surface area contributed by atoms with Crippen molar-refractivity contribution < 1.29 is 14.3 Å². The number of carbonyl (C=O) groups is 2. The Kier molecular flexibility index (Phi) is 7.81. The standard InChI is InChI=1S/C26H26Cl2N2O3S/c1-3-12-29(26(32)17-4-7-19(33-2)8-5-17)16-24(31)30-13-10-23-21(11-14-34-23)25(30)20-9-6-18(27)15-22(20)28/h4-9,11,14-15,25H,3,10,12-13,16H2,1-2H3. The molecule has 0 aliphatic carbocycles. The van der Waals surface area contributed by atoms with Gasteiger partial charge in [0.05, 0.1) is 13.2 Å². The number of amides is 2. The van der Waals surface area contributed by atoms with Crippen LogP contribution in [0.4, 0.5) is 0 Å². The molecule has 0 N–H and O–H groups in total. The van der Waals surface area contributed by atoms with Crippen molar-refractivity contribution in [2.24, 2.45) is 0 Å². The fourth-order valence-electron chi connectivity index (χ4n) is 4.34. The Morgan fingerprint density at radius 3 is 2.56 bits per heavy atom. The van der Waals surface area contributed by atoms with E-state index in [9.17, 15) is 9.59 Å². The van der Waals surface area contributed by atoms with Crippen LogP contribution in [-0.2, 0) is 11.2 Å². The maximum atomic E-state index is 13.7. The average Bonchev–Trinajstić information content (AvgIpc) is 3.32. The second kappa shape index (κ2) is 10.8. The maximum Gasteiger partial charge on any atom is 0.254 e. The van der Waals surface area contributed by atoms with E-state index in [1.807, 2.05) is 23.3 Å². The summed E-state index contributed by atoms with van der Waals surface area (Å²) in [6.07, 6.45) is 1.52. The number of hydrogen-bond donors (Lipinski definition) is 0. The van der Waals surface area contributed by atoms with Gasteiger partial charge >= 0.3 is 0 Å². The van der Waals surface area contributed by atoms with Crippen molar-refractivity contribution in [2.75, 3.05) is 26.7 Å². The van der Waals surface area contributed by atoms with Crippen LogP contribution in [0.25, 0.3) is 0 Å². The van der Waals surface area contributed by atoms with Gasteiger partial charge in [-0.3, -0.25) is 9.59 Å². The lowest BCUT2D eigenvalue weighted by molar-refractivity contribution is -0.134. The Labute approximate surface area is 213 Å². The predicted octanol–water partition coefficient (Wildman–Crippen LogP) is 6.09. The average molecular weight is 517 g/mol. The highest BCUT2D eigenvalue weighted by Crippen LogP contribution is 2.41. The van der Waals surface area contributed by atoms with E-state index in [2.05, 4.69) is 6.07 Å². The SMILES string of the molecule is CCCN(CC(=O)N1CCc2sccc2C1c1ccc(Cl)cc1Cl)C(=O)c1ccc(OC)cc1. The second-order valence-corrected chi connectivity index (χ2v) is 10.0. The van der Waals surface area contributed by atoms with Crippen LogP contribution >= 0.6 is 34.5 Å². The van der Waals surface area contributed by atoms with E-state index in [1.165, 1.54) is 4.88 Å². The minimum absolute atomic E-state index is 0.000117. The van der Waals surface area contributed by atoms with Crippen LogP contribution in [0.5, 0.6) is 5.75 Å². The van der Waals surface area contributed by atoms with Crippen molar-refractivity contribution in [2.45, 2.75) is 25.8 Å². The quantitative estimate of drug-likeness (QED) is 0.381. The highest BCUT2D eigenvalue weighted by atomic mass is 35.5. The Morgan fingerprint density at radius 1 is 1.12 bits per heavy atom. The zero-order valence-electron chi connectivity index (χ0n) is 19.1. The lowest BCUT2D eigenvalue weighted by atomic mass is 9.93. The monoisotopic (exact) mass is 516 g/mol. The van der Waals surface area contributed by atoms with Crippen LogP contribution in [0.1, 0.15) is 45.7 Å². The van der Waals surface area contributed by atoms with Gasteiger partial charge in [0.1, 0.15) is 12.3 Å². The van der Waals surface area contributed by atoms with Crippen LogP contribution in [0.15, 0.2) is 53.9 Å². The molecule has 5 nitrogen and oxygen atoms in total. The molecule has 1 aliphatic heterocycles. The molecular weight excluding hydrogens is 491 g/mol. The molecule has 3 aromatic rings. The van der Waals surface area contributed by atoms with Gasteiger partial charge in [0.2, 0.25) is 5.91 Å². The summed E-state index contributed by atoms with van der Waals surface area (Å²) in [5.74, 6) is 0.396. The molecular formula is C26H26Cl2N2O3S. The molecule has 8 heteroatoms. The van der Waals surface area contributed by atoms with Crippen LogP contribution in [0.2, 0.25) is 10.0 Å². The highest BCUT2D eigenvalue weighted by molar-refractivity contribution is 7.10. The summed E-state index contributed by atoms with van der Waals surface area (Å²) >= 11 is 14.4. The summed E-state index contributed by atoms with van der Waals surface area (Å²) in [6, 6.07) is 14.1. The smallest absolute Gasteiger partial charge is 0.254 e. The first kappa shape index (κ1) is 24.6. The number of thiophene rings is 1. The summed E-state index contributed by atoms with van der Waals surface area (Å²) in [7, 11) is 1.58. The number of benzene rings is 2. The van der Waals surface area contributed by atoms with E-state index < -0.39 is 0 Å². The first-order valence-electron chi connectivity index (χ1n) is 11.2. The molecule has 2 amide bonds. The molecule has 1 aliphatic rings. The molecule has 178 valence electrons. The van der Waals surface area contributed by atoms with Crippen molar-refractivity contribution >= 4 is 46.4 Å². The normalized spacial score (nSPS) is 15.1. The number of halogens is 2. The lowest BCUT2D eigenvalue weighted by Crippen LogP contribution is -2.47. The number of ether oxygens (including phenoxy) is 1. The van der Waals surface area contributed by atoms with Crippen molar-refractivity contribution in [1.82, 2.24) is 9.80 Å². The molecule has 2 aromatic carbocycles. The van der Waals surface area contributed by atoms with Crippen molar-refractivity contribution in [1.29, 1.82) is 0 Å². The second-order valence-electron chi connectivity index (χ2n) is 8.16. The van der Waals surface area contributed by atoms with Gasteiger partial charge in [-0.05, 0) is 71.8 Å². The third-order valence-corrected chi connectivity index (χ3v) is 7.55. The summed E-state index contributed by atoms with van der Waals surface area (Å²) in [5.41, 5.74) is 2.44. The molecule has 0 saturated carbocycles. The summed E-state index contributed by atoms with van der Waals surface area (Å²) in [5, 5.41) is 3.12. The molecule has 2 heterocycles. The fourth-order valence-corrected chi connectivity index (χ4v) is 5.75. The van der Waals surface area contributed by atoms with E-state index in [1.54, 1.807) is 59.7 Å². The van der Waals surface area contributed by atoms with Crippen molar-refractivity contribution in [3.63, 3.8) is 0 Å². The number of hydrogen-bond acceptors (Lipinski definition) is 4. The van der Waals surface area contributed by atoms with Crippen LogP contribution in [-0.4, -0.2) is 48.4 Å². The summed E-state index contributed by atoms with van der Waals surface area (Å²) in [6.45, 7) is 3.04. The lowest BCUT2D eigenvalue weighted by Gasteiger charge is -2.38. The van der Waals surface area contributed by atoms with E-state index in [0.29, 0.717) is 34.4 Å². The largest absolute Gasteiger partial charge is 0.497 e. The molecule has 1 unspecified atom stereocenters. The molecule has 0 spiro atoms. The van der Waals surface area contributed by atoms with Crippen LogP contribution in [0.3, 0.4) is 0 Å². The van der Waals surface area contributed by atoms with E-state index in [0.717, 1.165) is 24.0 Å². The Balaban J connectivity index is 1.61. The highest BCUT2D eigenvalue weighted by Gasteiger charge is 2.35. The Hall–Kier alpha value is -2.54. The third kappa shape index (κ3) is 5.09. The number of fused-ring (bicyclic) bond motifs is 1. The summed E-state index contributed by atoms with van der Waals surface area (Å²) < 4.78 is 5.19. The third-order valence-electron chi connectivity index (χ3n) is 5.99. The van der Waals surface area contributed by atoms with Gasteiger partial charge in [-0.1, -0.05) is 36.2 Å². The first-order chi connectivity index (χ1) is 16.4. The molecule has 0 fully saturated rings. The van der Waals surface area contributed by atoms with E-state index in [4.69, 9.17) is 27.9 Å². The Bertz CT molecular complexity index is 1180. The molecule has 1 atom stereocenters. The molecule has 0 radical (unpaired) electrons. The van der Waals surface area contributed by atoms with Gasteiger partial charge in [0.25, 0.3) is 5.91 Å². The Morgan fingerprint density at radius 2 is 1.88 bits per heavy atom. The number of methoxy groups -OCH3 is 1. The van der Waals surface area contributed by atoms with E-state index >= 15 is 0 Å². The number of rotatable bonds is 7. The molecule has 0 saturated heterocycles. The van der Waals surface area contributed by atoms with Gasteiger partial charge in [-0.2, -0.15) is 0 Å². The van der Waals surface area contributed by atoms with Gasteiger partial charge in [0.15, 0.2) is 0 Å². The minimum atomic E-state index is -0.313. The first-order valence-corrected chi connectivity index (χ1v) is 12.8. The zero-order chi connectivity index (χ0) is 24.2. The van der Waals surface area contributed by atoms with E-state index in [-0.39, 0.29) is 24.4 Å². The van der Waals surface area contributed by atoms with Gasteiger partial charge in [0, 0.05) is 33.6 Å². The molecule has 34 heavy (non-hydrogen) atoms. The predicted molar refractivity (Wildman–Crippen MR) is 137 cm³/mol. The topological polar surface area (TPSA) is 49.9 Å². The fraction of sp³-hybridized carbons (Fsp3) is 0.308. The van der Waals surface area contributed by atoms with Crippen LogP contribution < -0.4 is 4.74 Å². The molecule has 4 rings (SSSR count). The van der Waals surface area contributed by atoms with Crippen LogP contribution in [0, 0.1) is 0 Å².